The molecule has 1 aliphatic rings. The lowest BCUT2D eigenvalue weighted by Crippen LogP contribution is -2.34. The molecule has 4 nitrogen and oxygen atoms in total. The average Bonchev–Trinajstić information content (AvgIpc) is 2.68. The summed E-state index contributed by atoms with van der Waals surface area (Å²) >= 11 is 3.36. The van der Waals surface area contributed by atoms with Gasteiger partial charge in [-0.1, -0.05) is 39.5 Å². The molecule has 0 aliphatic heterocycles. The van der Waals surface area contributed by atoms with Crippen molar-refractivity contribution in [2.24, 2.45) is 0 Å². The maximum absolute atomic E-state index is 12.2. The van der Waals surface area contributed by atoms with E-state index in [1.807, 2.05) is 6.92 Å². The van der Waals surface area contributed by atoms with Gasteiger partial charge in [-0.2, -0.15) is 0 Å². The summed E-state index contributed by atoms with van der Waals surface area (Å²) in [6, 6.07) is 0. The number of hydrogen-bond donors (Lipinski definition) is 1. The largest absolute Gasteiger partial charge is 0.367 e. The first kappa shape index (κ1) is 16.7. The highest BCUT2D eigenvalue weighted by molar-refractivity contribution is 9.10. The molecule has 1 aromatic rings. The minimum atomic E-state index is -0.422. The van der Waals surface area contributed by atoms with Crippen molar-refractivity contribution in [3.05, 3.63) is 26.3 Å². The first-order valence-electron chi connectivity index (χ1n) is 7.94. The fraction of sp³-hybridized carbons (Fsp3) is 0.750. The molecule has 0 spiro atoms. The Hall–Kier alpha value is -0.680. The van der Waals surface area contributed by atoms with E-state index in [4.69, 9.17) is 9.72 Å². The fourth-order valence-electron chi connectivity index (χ4n) is 3.10. The second-order valence-electron chi connectivity index (χ2n) is 6.11. The highest BCUT2D eigenvalue weighted by Crippen LogP contribution is 2.38. The Kier molecular flexibility index (Phi) is 5.60. The Bertz CT molecular complexity index is 532. The van der Waals surface area contributed by atoms with Crippen LogP contribution in [0.1, 0.15) is 76.7 Å². The molecule has 1 aliphatic carbocycles. The van der Waals surface area contributed by atoms with Crippen LogP contribution in [-0.2, 0) is 10.3 Å². The molecule has 21 heavy (non-hydrogen) atoms. The summed E-state index contributed by atoms with van der Waals surface area (Å²) in [6.07, 6.45) is 6.57. The molecular formula is C16H25BrN2O2. The van der Waals surface area contributed by atoms with Crippen LogP contribution in [0, 0.1) is 0 Å². The number of rotatable bonds is 4. The standard InChI is InChI=1S/C16H25BrN2O2/c1-4-21-16(9-7-5-6-8-10-16)15-18-13(11(2)3)12(17)14(20)19-15/h11H,4-10H2,1-3H3,(H,18,19,20). The maximum atomic E-state index is 12.2. The minimum absolute atomic E-state index is 0.105. The molecule has 0 aromatic carbocycles. The monoisotopic (exact) mass is 356 g/mol. The van der Waals surface area contributed by atoms with E-state index in [2.05, 4.69) is 34.8 Å². The zero-order valence-electron chi connectivity index (χ0n) is 13.2. The summed E-state index contributed by atoms with van der Waals surface area (Å²) in [5.41, 5.74) is 0.290. The summed E-state index contributed by atoms with van der Waals surface area (Å²) in [7, 11) is 0. The summed E-state index contributed by atoms with van der Waals surface area (Å²) in [6.45, 7) is 6.75. The van der Waals surface area contributed by atoms with Crippen molar-refractivity contribution >= 4 is 15.9 Å². The fourth-order valence-corrected chi connectivity index (χ4v) is 3.75. The summed E-state index contributed by atoms with van der Waals surface area (Å²) < 4.78 is 6.66. The van der Waals surface area contributed by atoms with Gasteiger partial charge in [-0.3, -0.25) is 4.79 Å². The number of hydrogen-bond acceptors (Lipinski definition) is 3. The third-order valence-electron chi connectivity index (χ3n) is 4.20. The van der Waals surface area contributed by atoms with Crippen LogP contribution in [-0.4, -0.2) is 16.6 Å². The highest BCUT2D eigenvalue weighted by atomic mass is 79.9. The molecule has 1 N–H and O–H groups in total. The van der Waals surface area contributed by atoms with Crippen molar-refractivity contribution in [1.29, 1.82) is 0 Å². The van der Waals surface area contributed by atoms with Crippen molar-refractivity contribution in [2.45, 2.75) is 70.8 Å². The summed E-state index contributed by atoms with van der Waals surface area (Å²) in [5.74, 6) is 0.910. The van der Waals surface area contributed by atoms with Gasteiger partial charge < -0.3 is 9.72 Å². The average molecular weight is 357 g/mol. The van der Waals surface area contributed by atoms with Crippen molar-refractivity contribution < 1.29 is 4.74 Å². The predicted octanol–water partition coefficient (Wildman–Crippen LogP) is 4.24. The van der Waals surface area contributed by atoms with Gasteiger partial charge in [0.2, 0.25) is 0 Å². The minimum Gasteiger partial charge on any atom is -0.367 e. The van der Waals surface area contributed by atoms with Crippen LogP contribution in [0.2, 0.25) is 0 Å². The highest BCUT2D eigenvalue weighted by Gasteiger charge is 2.36. The van der Waals surface area contributed by atoms with Crippen LogP contribution < -0.4 is 5.56 Å². The molecule has 0 saturated heterocycles. The molecule has 5 heteroatoms. The van der Waals surface area contributed by atoms with Crippen molar-refractivity contribution in [3.63, 3.8) is 0 Å². The molecule has 118 valence electrons. The number of aromatic nitrogens is 2. The molecule has 0 radical (unpaired) electrons. The van der Waals surface area contributed by atoms with Crippen molar-refractivity contribution in [2.75, 3.05) is 6.61 Å². The maximum Gasteiger partial charge on any atom is 0.265 e. The summed E-state index contributed by atoms with van der Waals surface area (Å²) in [5, 5.41) is 0. The first-order valence-corrected chi connectivity index (χ1v) is 8.73. The molecular weight excluding hydrogens is 332 g/mol. The second kappa shape index (κ2) is 7.05. The zero-order valence-corrected chi connectivity index (χ0v) is 14.8. The van der Waals surface area contributed by atoms with Crippen molar-refractivity contribution in [1.82, 2.24) is 9.97 Å². The Labute approximate surface area is 134 Å². The van der Waals surface area contributed by atoms with E-state index >= 15 is 0 Å². The molecule has 0 amide bonds. The van der Waals surface area contributed by atoms with Crippen LogP contribution >= 0.6 is 15.9 Å². The van der Waals surface area contributed by atoms with Gasteiger partial charge >= 0.3 is 0 Å². The van der Waals surface area contributed by atoms with Gasteiger partial charge in [-0.05, 0) is 41.6 Å². The van der Waals surface area contributed by atoms with Gasteiger partial charge in [0.05, 0.1) is 5.69 Å². The molecule has 0 atom stereocenters. The van der Waals surface area contributed by atoms with Crippen LogP contribution in [0.4, 0.5) is 0 Å². The number of halogens is 1. The lowest BCUT2D eigenvalue weighted by molar-refractivity contribution is -0.0628. The van der Waals surface area contributed by atoms with E-state index in [1.165, 1.54) is 12.8 Å². The Morgan fingerprint density at radius 1 is 1.29 bits per heavy atom. The zero-order chi connectivity index (χ0) is 15.5. The van der Waals surface area contributed by atoms with Gasteiger partial charge in [-0.15, -0.1) is 0 Å². The third-order valence-corrected chi connectivity index (χ3v) is 4.97. The smallest absolute Gasteiger partial charge is 0.265 e. The Balaban J connectivity index is 2.52. The van der Waals surface area contributed by atoms with E-state index in [0.29, 0.717) is 16.9 Å². The number of H-pyrrole nitrogens is 1. The van der Waals surface area contributed by atoms with E-state index in [9.17, 15) is 4.79 Å². The van der Waals surface area contributed by atoms with Crippen LogP contribution in [0.25, 0.3) is 0 Å². The topological polar surface area (TPSA) is 55.0 Å². The molecule has 1 heterocycles. The lowest BCUT2D eigenvalue weighted by atomic mass is 9.92. The van der Waals surface area contributed by atoms with Crippen molar-refractivity contribution in [3.8, 4) is 0 Å². The number of aromatic amines is 1. The molecule has 0 unspecified atom stereocenters. The van der Waals surface area contributed by atoms with Crippen LogP contribution in [0.5, 0.6) is 0 Å². The Morgan fingerprint density at radius 3 is 2.43 bits per heavy atom. The molecule has 0 bridgehead atoms. The first-order chi connectivity index (χ1) is 10.00. The number of ether oxygens (including phenoxy) is 1. The van der Waals surface area contributed by atoms with Gasteiger partial charge in [0.1, 0.15) is 15.9 Å². The van der Waals surface area contributed by atoms with Gasteiger partial charge in [0.25, 0.3) is 5.56 Å². The normalized spacial score (nSPS) is 18.7. The summed E-state index contributed by atoms with van der Waals surface area (Å²) in [4.78, 5) is 20.0. The van der Waals surface area contributed by atoms with Gasteiger partial charge in [-0.25, -0.2) is 4.98 Å². The molecule has 1 aromatic heterocycles. The van der Waals surface area contributed by atoms with Crippen LogP contribution in [0.3, 0.4) is 0 Å². The predicted molar refractivity (Wildman–Crippen MR) is 87.7 cm³/mol. The van der Waals surface area contributed by atoms with E-state index in [-0.39, 0.29) is 11.5 Å². The lowest BCUT2D eigenvalue weighted by Gasteiger charge is -2.32. The van der Waals surface area contributed by atoms with Crippen LogP contribution in [0.15, 0.2) is 9.27 Å². The van der Waals surface area contributed by atoms with E-state index in [1.54, 1.807) is 0 Å². The van der Waals surface area contributed by atoms with Gasteiger partial charge in [0.15, 0.2) is 0 Å². The number of nitrogens with one attached hydrogen (secondary N) is 1. The quantitative estimate of drug-likeness (QED) is 0.820. The molecule has 1 saturated carbocycles. The molecule has 1 fully saturated rings. The van der Waals surface area contributed by atoms with E-state index < -0.39 is 5.60 Å². The second-order valence-corrected chi connectivity index (χ2v) is 6.90. The molecule has 2 rings (SSSR count). The van der Waals surface area contributed by atoms with E-state index in [0.717, 1.165) is 31.4 Å². The third kappa shape index (κ3) is 3.57. The SMILES string of the molecule is CCOC1(c2nc(C(C)C)c(Br)c(=O)[nH]2)CCCCCC1. The number of nitrogens with zero attached hydrogens (tertiary/aromatic N) is 1. The Morgan fingerprint density at radius 2 is 1.90 bits per heavy atom. The van der Waals surface area contributed by atoms with Gasteiger partial charge in [0, 0.05) is 6.61 Å².